The number of rotatable bonds is 5. The molecular formula is C13H21NO3. The lowest BCUT2D eigenvalue weighted by Gasteiger charge is -2.19. The van der Waals surface area contributed by atoms with E-state index in [0.29, 0.717) is 30.4 Å². The molecule has 0 spiro atoms. The van der Waals surface area contributed by atoms with Crippen molar-refractivity contribution in [1.82, 2.24) is 0 Å². The molecule has 4 heteroatoms. The number of methoxy groups -OCH3 is 1. The van der Waals surface area contributed by atoms with Crippen molar-refractivity contribution in [3.05, 3.63) is 18.2 Å². The molecule has 0 aromatic heterocycles. The Morgan fingerprint density at radius 1 is 1.12 bits per heavy atom. The van der Waals surface area contributed by atoms with E-state index >= 15 is 0 Å². The zero-order chi connectivity index (χ0) is 12.9. The van der Waals surface area contributed by atoms with Crippen molar-refractivity contribution in [3.63, 3.8) is 0 Å². The molecule has 0 fully saturated rings. The summed E-state index contributed by atoms with van der Waals surface area (Å²) in [5, 5.41) is 0. The molecular weight excluding hydrogens is 218 g/mol. The predicted octanol–water partition coefficient (Wildman–Crippen LogP) is 2.47. The number of anilines is 1. The van der Waals surface area contributed by atoms with Crippen LogP contribution in [0.1, 0.15) is 20.8 Å². The normalized spacial score (nSPS) is 11.3. The molecule has 1 aromatic rings. The van der Waals surface area contributed by atoms with Gasteiger partial charge in [-0.3, -0.25) is 0 Å². The van der Waals surface area contributed by atoms with Crippen LogP contribution in [0.15, 0.2) is 18.2 Å². The first-order valence-corrected chi connectivity index (χ1v) is 5.62. The Labute approximate surface area is 103 Å². The third-order valence-corrected chi connectivity index (χ3v) is 2.06. The lowest BCUT2D eigenvalue weighted by molar-refractivity contribution is -0.0165. The van der Waals surface area contributed by atoms with E-state index < -0.39 is 0 Å². The summed E-state index contributed by atoms with van der Waals surface area (Å²) in [5.41, 5.74) is 6.19. The summed E-state index contributed by atoms with van der Waals surface area (Å²) in [5.74, 6) is 1.32. The summed E-state index contributed by atoms with van der Waals surface area (Å²) in [6.07, 6.45) is 0. The van der Waals surface area contributed by atoms with Crippen LogP contribution in [0, 0.1) is 0 Å². The van der Waals surface area contributed by atoms with Crippen molar-refractivity contribution in [1.29, 1.82) is 0 Å². The summed E-state index contributed by atoms with van der Waals surface area (Å²) >= 11 is 0. The average Bonchev–Trinajstić information content (AvgIpc) is 2.23. The highest BCUT2D eigenvalue weighted by molar-refractivity contribution is 5.51. The Morgan fingerprint density at radius 2 is 1.82 bits per heavy atom. The molecule has 2 N–H and O–H groups in total. The molecule has 0 heterocycles. The lowest BCUT2D eigenvalue weighted by atomic mass is 10.2. The van der Waals surface area contributed by atoms with Crippen LogP contribution in [0.3, 0.4) is 0 Å². The van der Waals surface area contributed by atoms with Crippen LogP contribution in [0.25, 0.3) is 0 Å². The third-order valence-electron chi connectivity index (χ3n) is 2.06. The summed E-state index contributed by atoms with van der Waals surface area (Å²) in [4.78, 5) is 0. The third kappa shape index (κ3) is 4.95. The van der Waals surface area contributed by atoms with Gasteiger partial charge in [0.1, 0.15) is 6.61 Å². The summed E-state index contributed by atoms with van der Waals surface area (Å²) in [7, 11) is 1.60. The molecule has 1 aromatic carbocycles. The second kappa shape index (κ2) is 5.77. The highest BCUT2D eigenvalue weighted by Gasteiger charge is 2.10. The van der Waals surface area contributed by atoms with Crippen LogP contribution in [-0.4, -0.2) is 25.9 Å². The van der Waals surface area contributed by atoms with E-state index in [-0.39, 0.29) is 5.60 Å². The molecule has 0 aliphatic rings. The predicted molar refractivity (Wildman–Crippen MR) is 68.6 cm³/mol. The minimum Gasteiger partial charge on any atom is -0.493 e. The van der Waals surface area contributed by atoms with Gasteiger partial charge >= 0.3 is 0 Å². The zero-order valence-electron chi connectivity index (χ0n) is 10.9. The second-order valence-corrected chi connectivity index (χ2v) is 4.72. The number of benzene rings is 1. The minimum atomic E-state index is -0.150. The Morgan fingerprint density at radius 3 is 2.41 bits per heavy atom. The van der Waals surface area contributed by atoms with Gasteiger partial charge in [-0.2, -0.15) is 0 Å². The molecule has 0 unspecified atom stereocenters. The van der Waals surface area contributed by atoms with Gasteiger partial charge in [0.15, 0.2) is 11.5 Å². The minimum absolute atomic E-state index is 0.150. The van der Waals surface area contributed by atoms with Crippen LogP contribution in [0.4, 0.5) is 5.69 Å². The maximum Gasteiger partial charge on any atom is 0.163 e. The van der Waals surface area contributed by atoms with Crippen molar-refractivity contribution in [2.24, 2.45) is 0 Å². The average molecular weight is 239 g/mol. The maximum atomic E-state index is 5.69. The molecule has 96 valence electrons. The van der Waals surface area contributed by atoms with Crippen molar-refractivity contribution < 1.29 is 14.2 Å². The van der Waals surface area contributed by atoms with Gasteiger partial charge in [0.05, 0.1) is 19.3 Å². The molecule has 0 radical (unpaired) electrons. The number of hydrogen-bond donors (Lipinski definition) is 1. The van der Waals surface area contributed by atoms with Gasteiger partial charge in [-0.25, -0.2) is 0 Å². The van der Waals surface area contributed by atoms with E-state index in [4.69, 9.17) is 19.9 Å². The van der Waals surface area contributed by atoms with Crippen LogP contribution < -0.4 is 15.2 Å². The fraction of sp³-hybridized carbons (Fsp3) is 0.538. The summed E-state index contributed by atoms with van der Waals surface area (Å²) in [6, 6.07) is 5.31. The van der Waals surface area contributed by atoms with E-state index in [1.165, 1.54) is 0 Å². The molecule has 0 atom stereocenters. The van der Waals surface area contributed by atoms with Crippen LogP contribution in [-0.2, 0) is 4.74 Å². The van der Waals surface area contributed by atoms with Gasteiger partial charge in [-0.15, -0.1) is 0 Å². The standard InChI is InChI=1S/C13H21NO3/c1-13(2,3)17-8-7-16-12-9-10(14)5-6-11(12)15-4/h5-6,9H,7-8,14H2,1-4H3. The van der Waals surface area contributed by atoms with E-state index in [1.54, 1.807) is 25.3 Å². The van der Waals surface area contributed by atoms with Crippen molar-refractivity contribution in [3.8, 4) is 11.5 Å². The summed E-state index contributed by atoms with van der Waals surface area (Å²) in [6.45, 7) is 7.02. The number of ether oxygens (including phenoxy) is 3. The Balaban J connectivity index is 2.48. The monoisotopic (exact) mass is 239 g/mol. The molecule has 0 amide bonds. The topological polar surface area (TPSA) is 53.7 Å². The van der Waals surface area contributed by atoms with Crippen LogP contribution in [0.2, 0.25) is 0 Å². The molecule has 0 aliphatic carbocycles. The second-order valence-electron chi connectivity index (χ2n) is 4.72. The Bertz CT molecular complexity index is 358. The largest absolute Gasteiger partial charge is 0.493 e. The van der Waals surface area contributed by atoms with Gasteiger partial charge in [0, 0.05) is 11.8 Å². The highest BCUT2D eigenvalue weighted by atomic mass is 16.5. The van der Waals surface area contributed by atoms with Crippen LogP contribution in [0.5, 0.6) is 11.5 Å². The molecule has 0 aliphatic heterocycles. The smallest absolute Gasteiger partial charge is 0.163 e. The van der Waals surface area contributed by atoms with E-state index in [2.05, 4.69) is 0 Å². The Hall–Kier alpha value is -1.42. The highest BCUT2D eigenvalue weighted by Crippen LogP contribution is 2.28. The molecule has 0 saturated heterocycles. The first-order valence-electron chi connectivity index (χ1n) is 5.62. The first-order chi connectivity index (χ1) is 7.92. The molecule has 4 nitrogen and oxygen atoms in total. The fourth-order valence-electron chi connectivity index (χ4n) is 1.31. The molecule has 0 bridgehead atoms. The van der Waals surface area contributed by atoms with E-state index in [0.717, 1.165) is 0 Å². The molecule has 0 saturated carbocycles. The number of nitrogens with two attached hydrogens (primary N) is 1. The molecule has 17 heavy (non-hydrogen) atoms. The SMILES string of the molecule is COc1ccc(N)cc1OCCOC(C)(C)C. The van der Waals surface area contributed by atoms with Gasteiger partial charge in [-0.1, -0.05) is 0 Å². The van der Waals surface area contributed by atoms with Crippen molar-refractivity contribution in [2.45, 2.75) is 26.4 Å². The zero-order valence-corrected chi connectivity index (χ0v) is 10.9. The van der Waals surface area contributed by atoms with Crippen molar-refractivity contribution >= 4 is 5.69 Å². The van der Waals surface area contributed by atoms with E-state index in [9.17, 15) is 0 Å². The van der Waals surface area contributed by atoms with Gasteiger partial charge in [0.2, 0.25) is 0 Å². The quantitative estimate of drug-likeness (QED) is 0.633. The van der Waals surface area contributed by atoms with Gasteiger partial charge in [0.25, 0.3) is 0 Å². The lowest BCUT2D eigenvalue weighted by Crippen LogP contribution is -2.22. The summed E-state index contributed by atoms with van der Waals surface area (Å²) < 4.78 is 16.3. The van der Waals surface area contributed by atoms with E-state index in [1.807, 2.05) is 20.8 Å². The molecule has 1 rings (SSSR count). The van der Waals surface area contributed by atoms with Gasteiger partial charge in [-0.05, 0) is 32.9 Å². The number of hydrogen-bond acceptors (Lipinski definition) is 4. The van der Waals surface area contributed by atoms with Crippen molar-refractivity contribution in [2.75, 3.05) is 26.1 Å². The van der Waals surface area contributed by atoms with Gasteiger partial charge < -0.3 is 19.9 Å². The Kier molecular flexibility index (Phi) is 4.63. The fourth-order valence-corrected chi connectivity index (χ4v) is 1.31. The first kappa shape index (κ1) is 13.6. The number of nitrogen functional groups attached to an aromatic ring is 1. The maximum absolute atomic E-state index is 5.69. The van der Waals surface area contributed by atoms with Crippen LogP contribution >= 0.6 is 0 Å².